The number of hydrogen-bond donors (Lipinski definition) is 2. The van der Waals surface area contributed by atoms with Crippen molar-refractivity contribution in [3.63, 3.8) is 0 Å². The van der Waals surface area contributed by atoms with Crippen LogP contribution < -0.4 is 8.83 Å². The van der Waals surface area contributed by atoms with Gasteiger partial charge in [0.05, 0.1) is 0 Å². The van der Waals surface area contributed by atoms with Gasteiger partial charge in [0.15, 0.2) is 0 Å². The van der Waals surface area contributed by atoms with E-state index in [0.717, 1.165) is 36.9 Å². The summed E-state index contributed by atoms with van der Waals surface area (Å²) in [6.07, 6.45) is 3.49. The number of aromatic nitrogens is 2. The SMILES string of the molecule is [CH3][Sb]1[CH2]Cc2[c]1ccc(Nc1cc(C3CCC(OC=O)C3)[nH]n1)c2F. The first-order valence-corrected chi connectivity index (χ1v) is 14.2. The van der Waals surface area contributed by atoms with E-state index in [4.69, 9.17) is 4.74 Å². The molecule has 132 valence electrons. The Morgan fingerprint density at radius 3 is 3.16 bits per heavy atom. The topological polar surface area (TPSA) is 67.0 Å². The van der Waals surface area contributed by atoms with Crippen LogP contribution >= 0.6 is 0 Å². The van der Waals surface area contributed by atoms with Gasteiger partial charge >= 0.3 is 142 Å². The van der Waals surface area contributed by atoms with Crippen LogP contribution in [0.5, 0.6) is 0 Å². The Balaban J connectivity index is 1.48. The van der Waals surface area contributed by atoms with E-state index in [1.54, 1.807) is 0 Å². The van der Waals surface area contributed by atoms with Crippen LogP contribution in [0.1, 0.15) is 36.4 Å². The van der Waals surface area contributed by atoms with Crippen molar-refractivity contribution in [2.24, 2.45) is 0 Å². The van der Waals surface area contributed by atoms with Crippen LogP contribution in [0.15, 0.2) is 18.2 Å². The quantitative estimate of drug-likeness (QED) is 0.541. The number of ether oxygens (including phenoxy) is 1. The molecular weight excluding hydrogens is 431 g/mol. The number of fused-ring (bicyclic) bond motifs is 1. The third-order valence-corrected chi connectivity index (χ3v) is 11.4. The number of rotatable bonds is 5. The van der Waals surface area contributed by atoms with E-state index in [1.807, 2.05) is 12.1 Å². The van der Waals surface area contributed by atoms with Gasteiger partial charge in [-0.05, 0) is 0 Å². The molecule has 2 N–H and O–H groups in total. The Kier molecular flexibility index (Phi) is 4.72. The third kappa shape index (κ3) is 3.29. The second kappa shape index (κ2) is 6.99. The molecule has 1 aliphatic carbocycles. The molecule has 2 aromatic rings. The fourth-order valence-electron chi connectivity index (χ4n) is 3.88. The summed E-state index contributed by atoms with van der Waals surface area (Å²) in [4.78, 5) is 12.8. The molecule has 0 spiro atoms. The number of anilines is 2. The number of hydrogen-bond acceptors (Lipinski definition) is 4. The zero-order valence-electron chi connectivity index (χ0n) is 14.1. The maximum atomic E-state index is 14.8. The fraction of sp³-hybridized carbons (Fsp3) is 0.444. The van der Waals surface area contributed by atoms with E-state index in [0.29, 0.717) is 23.9 Å². The van der Waals surface area contributed by atoms with Crippen molar-refractivity contribution in [3.8, 4) is 0 Å². The third-order valence-electron chi connectivity index (χ3n) is 5.26. The van der Waals surface area contributed by atoms with Crippen molar-refractivity contribution in [2.75, 3.05) is 5.32 Å². The molecule has 1 aromatic carbocycles. The van der Waals surface area contributed by atoms with Crippen molar-refractivity contribution in [1.29, 1.82) is 0 Å². The van der Waals surface area contributed by atoms with Gasteiger partial charge in [0.1, 0.15) is 0 Å². The molecule has 7 heteroatoms. The van der Waals surface area contributed by atoms with E-state index in [1.165, 1.54) is 7.88 Å². The van der Waals surface area contributed by atoms with Gasteiger partial charge < -0.3 is 0 Å². The van der Waals surface area contributed by atoms with Gasteiger partial charge in [0.2, 0.25) is 0 Å². The van der Waals surface area contributed by atoms with Crippen molar-refractivity contribution in [1.82, 2.24) is 10.2 Å². The van der Waals surface area contributed by atoms with Gasteiger partial charge in [0, 0.05) is 0 Å². The molecule has 1 saturated carbocycles. The summed E-state index contributed by atoms with van der Waals surface area (Å²) in [5.74, 6) is 0.809. The van der Waals surface area contributed by atoms with Gasteiger partial charge in [0.25, 0.3) is 6.47 Å². The molecule has 0 radical (unpaired) electrons. The normalized spacial score (nSPS) is 22.8. The van der Waals surface area contributed by atoms with Gasteiger partial charge in [-0.3, -0.25) is 4.79 Å². The number of benzene rings is 1. The number of carbonyl (C=O) groups excluding carboxylic acids is 1. The van der Waals surface area contributed by atoms with E-state index in [2.05, 4.69) is 26.5 Å². The Morgan fingerprint density at radius 2 is 2.32 bits per heavy atom. The van der Waals surface area contributed by atoms with Crippen LogP contribution in [-0.4, -0.2) is 43.0 Å². The van der Waals surface area contributed by atoms with E-state index in [-0.39, 0.29) is 11.9 Å². The predicted octanol–water partition coefficient (Wildman–Crippen LogP) is 2.99. The number of halogens is 1. The van der Waals surface area contributed by atoms with Gasteiger partial charge in [-0.15, -0.1) is 0 Å². The summed E-state index contributed by atoms with van der Waals surface area (Å²) >= 11 is -1.37. The Morgan fingerprint density at radius 1 is 1.44 bits per heavy atom. The molecule has 2 heterocycles. The van der Waals surface area contributed by atoms with Crippen LogP contribution in [0.25, 0.3) is 0 Å². The summed E-state index contributed by atoms with van der Waals surface area (Å²) in [6, 6.07) is 5.88. The summed E-state index contributed by atoms with van der Waals surface area (Å²) < 4.78 is 22.3. The number of carbonyl (C=O) groups is 1. The number of aromatic amines is 1. The molecule has 2 atom stereocenters. The van der Waals surface area contributed by atoms with E-state index in [9.17, 15) is 9.18 Å². The maximum absolute atomic E-state index is 14.8. The van der Waals surface area contributed by atoms with Crippen LogP contribution in [0.4, 0.5) is 15.9 Å². The summed E-state index contributed by atoms with van der Waals surface area (Å²) in [6.45, 7) is 0.522. The van der Waals surface area contributed by atoms with Gasteiger partial charge in [-0.2, -0.15) is 0 Å². The standard InChI is InChI=1S/C17H18FN3O2.CH3.Sb/c1-2-11-4-3-5-14(17(11)18)19-16-9-15(20-21-16)12-6-7-13(8-12)23-10-22;;/h3,5,9-10,12-13H,1-2,6-8H2,(H2,19,20,21);1H3;. The monoisotopic (exact) mass is 451 g/mol. The molecule has 0 bridgehead atoms. The van der Waals surface area contributed by atoms with Crippen molar-refractivity contribution in [3.05, 3.63) is 35.3 Å². The molecule has 2 aliphatic rings. The average Bonchev–Trinajstić information content (AvgIpc) is 3.31. The zero-order valence-corrected chi connectivity index (χ0v) is 16.6. The van der Waals surface area contributed by atoms with Gasteiger partial charge in [-0.1, -0.05) is 0 Å². The minimum absolute atomic E-state index is 0.0103. The van der Waals surface area contributed by atoms with Crippen molar-refractivity contribution < 1.29 is 13.9 Å². The first kappa shape index (κ1) is 16.9. The Labute approximate surface area is 153 Å². The van der Waals surface area contributed by atoms with E-state index >= 15 is 0 Å². The van der Waals surface area contributed by atoms with Crippen LogP contribution in [0.2, 0.25) is 9.24 Å². The first-order chi connectivity index (χ1) is 12.2. The molecule has 1 aromatic heterocycles. The van der Waals surface area contributed by atoms with Crippen LogP contribution in [0, 0.1) is 5.82 Å². The zero-order chi connectivity index (χ0) is 17.4. The predicted molar refractivity (Wildman–Crippen MR) is 95.6 cm³/mol. The molecule has 0 saturated heterocycles. The number of nitrogens with one attached hydrogen (secondary N) is 2. The van der Waals surface area contributed by atoms with Crippen molar-refractivity contribution >= 4 is 41.7 Å². The van der Waals surface area contributed by atoms with Crippen LogP contribution in [0.3, 0.4) is 0 Å². The fourth-order valence-corrected chi connectivity index (χ4v) is 9.01. The molecule has 4 rings (SSSR count). The van der Waals surface area contributed by atoms with Gasteiger partial charge in [-0.25, -0.2) is 0 Å². The average molecular weight is 452 g/mol. The second-order valence-corrected chi connectivity index (χ2v) is 13.4. The molecule has 25 heavy (non-hydrogen) atoms. The number of nitrogens with zero attached hydrogens (tertiary/aromatic N) is 1. The Bertz CT molecular complexity index is 795. The summed E-state index contributed by atoms with van der Waals surface area (Å²) in [7, 11) is 0. The summed E-state index contributed by atoms with van der Waals surface area (Å²) in [5.41, 5.74) is 2.42. The molecule has 0 amide bonds. The summed E-state index contributed by atoms with van der Waals surface area (Å²) in [5, 5.41) is 10.4. The van der Waals surface area contributed by atoms with Crippen molar-refractivity contribution in [2.45, 2.75) is 46.9 Å². The molecule has 5 nitrogen and oxygen atoms in total. The molecule has 1 aliphatic heterocycles. The number of H-pyrrole nitrogens is 1. The first-order valence-electron chi connectivity index (χ1n) is 8.59. The molecule has 1 fully saturated rings. The van der Waals surface area contributed by atoms with E-state index < -0.39 is 20.2 Å². The second-order valence-electron chi connectivity index (χ2n) is 6.79. The van der Waals surface area contributed by atoms with Crippen LogP contribution in [-0.2, 0) is 16.0 Å². The molecular formula is C18H21FN3O2Sb. The minimum atomic E-state index is -1.37. The molecule has 2 unspecified atom stereocenters. The Hall–Kier alpha value is -1.55.